The van der Waals surface area contributed by atoms with E-state index < -0.39 is 0 Å². The van der Waals surface area contributed by atoms with Gasteiger partial charge in [0.2, 0.25) is 5.95 Å². The minimum absolute atomic E-state index is 0.275. The van der Waals surface area contributed by atoms with E-state index in [0.717, 1.165) is 17.0 Å². The monoisotopic (exact) mass is 308 g/mol. The summed E-state index contributed by atoms with van der Waals surface area (Å²) in [6.45, 7) is 2.39. The Kier molecular flexibility index (Phi) is 4.33. The van der Waals surface area contributed by atoms with Crippen LogP contribution < -0.4 is 10.6 Å². The van der Waals surface area contributed by atoms with Crippen LogP contribution in [0.1, 0.15) is 21.8 Å². The van der Waals surface area contributed by atoms with Crippen molar-refractivity contribution in [3.05, 3.63) is 71.9 Å². The molecule has 6 heteroatoms. The summed E-state index contributed by atoms with van der Waals surface area (Å²) in [5.41, 5.74) is 2.05. The summed E-state index contributed by atoms with van der Waals surface area (Å²) in [4.78, 5) is 20.6. The van der Waals surface area contributed by atoms with Crippen molar-refractivity contribution in [3.63, 3.8) is 0 Å². The van der Waals surface area contributed by atoms with Gasteiger partial charge in [0.05, 0.1) is 12.8 Å². The topological polar surface area (TPSA) is 80.0 Å². The SMILES string of the molecule is Cc1ccccc1NC(=O)c1ccnc(NCc2ccco2)n1. The summed E-state index contributed by atoms with van der Waals surface area (Å²) in [5, 5.41) is 5.87. The van der Waals surface area contributed by atoms with Crippen molar-refractivity contribution >= 4 is 17.5 Å². The lowest BCUT2D eigenvalue weighted by Gasteiger charge is -2.08. The third-order valence-electron chi connectivity index (χ3n) is 3.28. The number of amides is 1. The van der Waals surface area contributed by atoms with Crippen molar-refractivity contribution in [3.8, 4) is 0 Å². The van der Waals surface area contributed by atoms with E-state index in [1.165, 1.54) is 0 Å². The molecule has 2 aromatic heterocycles. The highest BCUT2D eigenvalue weighted by Gasteiger charge is 2.10. The van der Waals surface area contributed by atoms with E-state index in [0.29, 0.717) is 18.2 Å². The average molecular weight is 308 g/mol. The quantitative estimate of drug-likeness (QED) is 0.756. The first-order valence-electron chi connectivity index (χ1n) is 7.18. The molecule has 23 heavy (non-hydrogen) atoms. The molecule has 0 aliphatic rings. The highest BCUT2D eigenvalue weighted by molar-refractivity contribution is 6.03. The molecule has 0 saturated carbocycles. The Morgan fingerprint density at radius 2 is 2.04 bits per heavy atom. The summed E-state index contributed by atoms with van der Waals surface area (Å²) >= 11 is 0. The molecule has 116 valence electrons. The fourth-order valence-corrected chi connectivity index (χ4v) is 2.05. The van der Waals surface area contributed by atoms with Crippen LogP contribution in [0.4, 0.5) is 11.6 Å². The summed E-state index contributed by atoms with van der Waals surface area (Å²) < 4.78 is 5.23. The van der Waals surface area contributed by atoms with Gasteiger partial charge in [0.25, 0.3) is 5.91 Å². The molecule has 0 spiro atoms. The van der Waals surface area contributed by atoms with E-state index in [9.17, 15) is 4.79 Å². The van der Waals surface area contributed by atoms with Crippen LogP contribution >= 0.6 is 0 Å². The number of benzene rings is 1. The first kappa shape index (κ1) is 14.8. The molecule has 0 saturated heterocycles. The smallest absolute Gasteiger partial charge is 0.274 e. The number of carbonyl (C=O) groups excluding carboxylic acids is 1. The molecule has 3 aromatic rings. The molecule has 0 fully saturated rings. The maximum atomic E-state index is 12.3. The predicted molar refractivity (Wildman–Crippen MR) is 87.2 cm³/mol. The van der Waals surface area contributed by atoms with E-state index in [1.54, 1.807) is 18.5 Å². The van der Waals surface area contributed by atoms with Crippen molar-refractivity contribution in [2.24, 2.45) is 0 Å². The van der Waals surface area contributed by atoms with Gasteiger partial charge in [-0.15, -0.1) is 0 Å². The van der Waals surface area contributed by atoms with Gasteiger partial charge in [-0.05, 0) is 36.8 Å². The number of nitrogens with one attached hydrogen (secondary N) is 2. The molecular weight excluding hydrogens is 292 g/mol. The van der Waals surface area contributed by atoms with Crippen LogP contribution in [-0.2, 0) is 6.54 Å². The summed E-state index contributed by atoms with van der Waals surface area (Å²) in [6.07, 6.45) is 3.15. The van der Waals surface area contributed by atoms with E-state index in [1.807, 2.05) is 43.3 Å². The molecule has 0 unspecified atom stereocenters. The number of para-hydroxylation sites is 1. The molecule has 3 rings (SSSR count). The van der Waals surface area contributed by atoms with Crippen molar-refractivity contribution in [1.29, 1.82) is 0 Å². The number of rotatable bonds is 5. The van der Waals surface area contributed by atoms with Gasteiger partial charge in [-0.1, -0.05) is 18.2 Å². The molecule has 2 heterocycles. The molecule has 1 aromatic carbocycles. The number of hydrogen-bond acceptors (Lipinski definition) is 5. The number of anilines is 2. The molecule has 0 bridgehead atoms. The van der Waals surface area contributed by atoms with Crippen LogP contribution in [0.25, 0.3) is 0 Å². The Morgan fingerprint density at radius 3 is 2.83 bits per heavy atom. The second-order valence-corrected chi connectivity index (χ2v) is 4.97. The molecule has 0 atom stereocenters. The first-order valence-corrected chi connectivity index (χ1v) is 7.18. The van der Waals surface area contributed by atoms with E-state index >= 15 is 0 Å². The highest BCUT2D eigenvalue weighted by atomic mass is 16.3. The standard InChI is InChI=1S/C17H16N4O2/c1-12-5-2-3-7-14(12)20-16(22)15-8-9-18-17(21-15)19-11-13-6-4-10-23-13/h2-10H,11H2,1H3,(H,20,22)(H,18,19,21). The van der Waals surface area contributed by atoms with Gasteiger partial charge in [-0.3, -0.25) is 4.79 Å². The minimum atomic E-state index is -0.275. The average Bonchev–Trinajstić information content (AvgIpc) is 3.09. The zero-order valence-electron chi connectivity index (χ0n) is 12.6. The summed E-state index contributed by atoms with van der Waals surface area (Å²) in [5.74, 6) is 0.866. The fraction of sp³-hybridized carbons (Fsp3) is 0.118. The summed E-state index contributed by atoms with van der Waals surface area (Å²) in [6, 6.07) is 12.8. The number of hydrogen-bond donors (Lipinski definition) is 2. The van der Waals surface area contributed by atoms with Crippen LogP contribution in [-0.4, -0.2) is 15.9 Å². The van der Waals surface area contributed by atoms with Crippen molar-refractivity contribution < 1.29 is 9.21 Å². The van der Waals surface area contributed by atoms with Crippen LogP contribution in [0.2, 0.25) is 0 Å². The highest BCUT2D eigenvalue weighted by Crippen LogP contribution is 2.14. The molecule has 0 aliphatic carbocycles. The lowest BCUT2D eigenvalue weighted by atomic mass is 10.2. The van der Waals surface area contributed by atoms with Crippen molar-refractivity contribution in [2.45, 2.75) is 13.5 Å². The van der Waals surface area contributed by atoms with Crippen LogP contribution in [0, 0.1) is 6.92 Å². The number of furan rings is 1. The third-order valence-corrected chi connectivity index (χ3v) is 3.28. The Morgan fingerprint density at radius 1 is 1.17 bits per heavy atom. The molecule has 2 N–H and O–H groups in total. The second kappa shape index (κ2) is 6.74. The number of aromatic nitrogens is 2. The predicted octanol–water partition coefficient (Wildman–Crippen LogP) is 3.24. The van der Waals surface area contributed by atoms with Crippen molar-refractivity contribution in [1.82, 2.24) is 9.97 Å². The number of carbonyl (C=O) groups is 1. The van der Waals surface area contributed by atoms with Gasteiger partial charge >= 0.3 is 0 Å². The largest absolute Gasteiger partial charge is 0.467 e. The normalized spacial score (nSPS) is 10.3. The van der Waals surface area contributed by atoms with Gasteiger partial charge in [-0.2, -0.15) is 0 Å². The number of aryl methyl sites for hydroxylation is 1. The third kappa shape index (κ3) is 3.74. The lowest BCUT2D eigenvalue weighted by molar-refractivity contribution is 0.102. The van der Waals surface area contributed by atoms with E-state index in [4.69, 9.17) is 4.42 Å². The summed E-state index contributed by atoms with van der Waals surface area (Å²) in [7, 11) is 0. The van der Waals surface area contributed by atoms with Gasteiger partial charge in [0, 0.05) is 11.9 Å². The van der Waals surface area contributed by atoms with Gasteiger partial charge in [0.15, 0.2) is 0 Å². The van der Waals surface area contributed by atoms with E-state index in [2.05, 4.69) is 20.6 Å². The molecular formula is C17H16N4O2. The zero-order chi connectivity index (χ0) is 16.1. The van der Waals surface area contributed by atoms with Crippen LogP contribution in [0.5, 0.6) is 0 Å². The van der Waals surface area contributed by atoms with Gasteiger partial charge in [-0.25, -0.2) is 9.97 Å². The Hall–Kier alpha value is -3.15. The second-order valence-electron chi connectivity index (χ2n) is 4.97. The Labute approximate surface area is 133 Å². The maximum absolute atomic E-state index is 12.3. The molecule has 0 radical (unpaired) electrons. The number of nitrogens with zero attached hydrogens (tertiary/aromatic N) is 2. The minimum Gasteiger partial charge on any atom is -0.467 e. The molecule has 6 nitrogen and oxygen atoms in total. The van der Waals surface area contributed by atoms with Crippen molar-refractivity contribution in [2.75, 3.05) is 10.6 Å². The molecule has 1 amide bonds. The fourth-order valence-electron chi connectivity index (χ4n) is 2.05. The van der Waals surface area contributed by atoms with E-state index in [-0.39, 0.29) is 5.91 Å². The van der Waals surface area contributed by atoms with Crippen LogP contribution in [0.3, 0.4) is 0 Å². The maximum Gasteiger partial charge on any atom is 0.274 e. The molecule has 0 aliphatic heterocycles. The van der Waals surface area contributed by atoms with Gasteiger partial charge < -0.3 is 15.1 Å². The Balaban J connectivity index is 1.69. The zero-order valence-corrected chi connectivity index (χ0v) is 12.6. The Bertz CT molecular complexity index is 800. The lowest BCUT2D eigenvalue weighted by Crippen LogP contribution is -2.15. The van der Waals surface area contributed by atoms with Gasteiger partial charge in [0.1, 0.15) is 11.5 Å². The van der Waals surface area contributed by atoms with Crippen LogP contribution in [0.15, 0.2) is 59.3 Å². The first-order chi connectivity index (χ1) is 11.2.